The van der Waals surface area contributed by atoms with Crippen LogP contribution in [0, 0.1) is 5.92 Å². The third-order valence-corrected chi connectivity index (χ3v) is 3.49. The van der Waals surface area contributed by atoms with Crippen LogP contribution in [0.15, 0.2) is 0 Å². The van der Waals surface area contributed by atoms with Crippen molar-refractivity contribution >= 4 is 19.7 Å². The molecule has 0 aromatic heterocycles. The van der Waals surface area contributed by atoms with Gasteiger partial charge >= 0.3 is 0 Å². The van der Waals surface area contributed by atoms with Crippen molar-refractivity contribution in [3.05, 3.63) is 0 Å². The summed E-state index contributed by atoms with van der Waals surface area (Å²) in [4.78, 5) is 0. The van der Waals surface area contributed by atoms with E-state index in [4.69, 9.17) is 10.7 Å². The summed E-state index contributed by atoms with van der Waals surface area (Å²) in [5, 5.41) is 0. The maximum absolute atomic E-state index is 13.1. The van der Waals surface area contributed by atoms with Gasteiger partial charge < -0.3 is 0 Å². The average molecular weight is 233 g/mol. The minimum atomic E-state index is -3.80. The molecule has 1 aliphatic rings. The van der Waals surface area contributed by atoms with E-state index < -0.39 is 26.6 Å². The van der Waals surface area contributed by atoms with Crippen molar-refractivity contribution in [2.75, 3.05) is 5.75 Å². The van der Waals surface area contributed by atoms with Crippen molar-refractivity contribution in [3.63, 3.8) is 0 Å². The van der Waals surface area contributed by atoms with Gasteiger partial charge in [0.25, 0.3) is 5.92 Å². The maximum atomic E-state index is 13.1. The van der Waals surface area contributed by atoms with Crippen molar-refractivity contribution in [2.24, 2.45) is 5.92 Å². The summed E-state index contributed by atoms with van der Waals surface area (Å²) < 4.78 is 47.4. The van der Waals surface area contributed by atoms with Crippen LogP contribution in [0.4, 0.5) is 8.78 Å². The van der Waals surface area contributed by atoms with Gasteiger partial charge in [-0.3, -0.25) is 0 Å². The van der Waals surface area contributed by atoms with E-state index in [-0.39, 0.29) is 12.8 Å². The Hall–Kier alpha value is 0.1000. The second kappa shape index (κ2) is 3.69. The van der Waals surface area contributed by atoms with Crippen LogP contribution in [0.3, 0.4) is 0 Å². The third kappa shape index (κ3) is 3.38. The summed E-state index contributed by atoms with van der Waals surface area (Å²) in [6.45, 7) is 0. The molecule has 1 aliphatic carbocycles. The summed E-state index contributed by atoms with van der Waals surface area (Å²) in [5.41, 5.74) is 0. The molecule has 1 saturated carbocycles. The minimum Gasteiger partial charge on any atom is -0.212 e. The van der Waals surface area contributed by atoms with Crippen molar-refractivity contribution in [1.82, 2.24) is 0 Å². The molecule has 6 heteroatoms. The van der Waals surface area contributed by atoms with Crippen LogP contribution in [0.5, 0.6) is 0 Å². The Balaban J connectivity index is 2.67. The van der Waals surface area contributed by atoms with Crippen molar-refractivity contribution in [2.45, 2.75) is 31.6 Å². The Morgan fingerprint density at radius 2 is 2.00 bits per heavy atom. The molecule has 0 aromatic rings. The maximum Gasteiger partial charge on any atom is 0.251 e. The second-order valence-electron chi connectivity index (χ2n) is 3.41. The highest BCUT2D eigenvalue weighted by molar-refractivity contribution is 8.13. The fraction of sp³-hybridized carbons (Fsp3) is 1.00. The molecule has 0 amide bonds. The fourth-order valence-corrected chi connectivity index (χ4v) is 2.96. The van der Waals surface area contributed by atoms with Gasteiger partial charge in [0.2, 0.25) is 9.05 Å². The van der Waals surface area contributed by atoms with Gasteiger partial charge in [-0.15, -0.1) is 0 Å². The first-order valence-corrected chi connectivity index (χ1v) is 6.59. The van der Waals surface area contributed by atoms with Crippen molar-refractivity contribution in [1.29, 1.82) is 0 Å². The molecule has 0 aliphatic heterocycles. The summed E-state index contributed by atoms with van der Waals surface area (Å²) in [6.07, 6.45) is 1.15. The van der Waals surface area contributed by atoms with Crippen LogP contribution in [0.1, 0.15) is 25.7 Å². The van der Waals surface area contributed by atoms with Gasteiger partial charge in [0.15, 0.2) is 0 Å². The zero-order valence-corrected chi connectivity index (χ0v) is 8.54. The molecule has 0 spiro atoms. The van der Waals surface area contributed by atoms with Gasteiger partial charge in [-0.1, -0.05) is 6.42 Å². The van der Waals surface area contributed by atoms with Crippen LogP contribution in [-0.4, -0.2) is 20.1 Å². The number of alkyl halides is 2. The van der Waals surface area contributed by atoms with E-state index in [0.29, 0.717) is 12.8 Å². The number of hydrogen-bond donors (Lipinski definition) is 0. The van der Waals surface area contributed by atoms with Gasteiger partial charge in [0.1, 0.15) is 0 Å². The lowest BCUT2D eigenvalue weighted by Crippen LogP contribution is -2.35. The Morgan fingerprint density at radius 1 is 1.38 bits per heavy atom. The first kappa shape index (κ1) is 11.2. The molecule has 13 heavy (non-hydrogen) atoms. The molecule has 78 valence electrons. The molecule has 1 fully saturated rings. The van der Waals surface area contributed by atoms with Gasteiger partial charge in [0, 0.05) is 23.0 Å². The fourth-order valence-electron chi connectivity index (χ4n) is 1.61. The van der Waals surface area contributed by atoms with Gasteiger partial charge in [-0.25, -0.2) is 17.2 Å². The predicted octanol–water partition coefficient (Wildman–Crippen LogP) is 2.38. The SMILES string of the molecule is O=S(=O)(Cl)CC1CCCCC1(F)F. The first-order valence-electron chi connectivity index (χ1n) is 4.11. The number of halogens is 3. The molecule has 0 heterocycles. The highest BCUT2D eigenvalue weighted by atomic mass is 35.7. The lowest BCUT2D eigenvalue weighted by Gasteiger charge is -2.30. The van der Waals surface area contributed by atoms with Gasteiger partial charge in [-0.2, -0.15) is 0 Å². The summed E-state index contributed by atoms with van der Waals surface area (Å²) in [6, 6.07) is 0. The molecule has 1 atom stereocenters. The molecular weight excluding hydrogens is 222 g/mol. The van der Waals surface area contributed by atoms with Gasteiger partial charge in [-0.05, 0) is 12.8 Å². The van der Waals surface area contributed by atoms with E-state index >= 15 is 0 Å². The lowest BCUT2D eigenvalue weighted by molar-refractivity contribution is -0.0769. The van der Waals surface area contributed by atoms with Crippen LogP contribution in [0.25, 0.3) is 0 Å². The van der Waals surface area contributed by atoms with Crippen LogP contribution >= 0.6 is 10.7 Å². The molecule has 0 aromatic carbocycles. The van der Waals surface area contributed by atoms with E-state index in [1.54, 1.807) is 0 Å². The molecule has 0 radical (unpaired) electrons. The topological polar surface area (TPSA) is 34.1 Å². The smallest absolute Gasteiger partial charge is 0.212 e. The third-order valence-electron chi connectivity index (χ3n) is 2.31. The summed E-state index contributed by atoms with van der Waals surface area (Å²) in [5.74, 6) is -4.56. The quantitative estimate of drug-likeness (QED) is 0.685. The Bertz CT molecular complexity index is 276. The summed E-state index contributed by atoms with van der Waals surface area (Å²) in [7, 11) is 1.13. The molecule has 1 unspecified atom stereocenters. The van der Waals surface area contributed by atoms with E-state index in [1.807, 2.05) is 0 Å². The standard InChI is InChI=1S/C7H11ClF2O2S/c8-13(11,12)5-6-3-1-2-4-7(6,9)10/h6H,1-5H2. The first-order chi connectivity index (χ1) is 5.81. The van der Waals surface area contributed by atoms with E-state index in [0.717, 1.165) is 0 Å². The van der Waals surface area contributed by atoms with Crippen molar-refractivity contribution in [3.8, 4) is 0 Å². The number of hydrogen-bond acceptors (Lipinski definition) is 2. The minimum absolute atomic E-state index is 0.218. The lowest BCUT2D eigenvalue weighted by atomic mass is 9.87. The predicted molar refractivity (Wildman–Crippen MR) is 46.5 cm³/mol. The Kier molecular flexibility index (Phi) is 3.17. The Labute approximate surface area is 80.7 Å². The van der Waals surface area contributed by atoms with Crippen LogP contribution in [-0.2, 0) is 9.05 Å². The van der Waals surface area contributed by atoms with E-state index in [2.05, 4.69) is 0 Å². The normalized spacial score (nSPS) is 28.7. The van der Waals surface area contributed by atoms with E-state index in [9.17, 15) is 17.2 Å². The second-order valence-corrected chi connectivity index (χ2v) is 6.23. The molecule has 1 rings (SSSR count). The van der Waals surface area contributed by atoms with E-state index in [1.165, 1.54) is 0 Å². The van der Waals surface area contributed by atoms with Gasteiger partial charge in [0.05, 0.1) is 5.75 Å². The summed E-state index contributed by atoms with van der Waals surface area (Å²) >= 11 is 0. The monoisotopic (exact) mass is 232 g/mol. The molecule has 0 N–H and O–H groups in total. The largest absolute Gasteiger partial charge is 0.251 e. The number of rotatable bonds is 2. The highest BCUT2D eigenvalue weighted by Crippen LogP contribution is 2.39. The zero-order chi connectivity index (χ0) is 10.1. The molecule has 0 saturated heterocycles. The van der Waals surface area contributed by atoms with Crippen molar-refractivity contribution < 1.29 is 17.2 Å². The molecular formula is C7H11ClF2O2S. The highest BCUT2D eigenvalue weighted by Gasteiger charge is 2.43. The molecule has 2 nitrogen and oxygen atoms in total. The molecule has 0 bridgehead atoms. The van der Waals surface area contributed by atoms with Crippen LogP contribution < -0.4 is 0 Å². The Morgan fingerprint density at radius 3 is 2.46 bits per heavy atom. The average Bonchev–Trinajstić information content (AvgIpc) is 1.91. The zero-order valence-electron chi connectivity index (χ0n) is 6.97. The van der Waals surface area contributed by atoms with Crippen LogP contribution in [0.2, 0.25) is 0 Å².